The van der Waals surface area contributed by atoms with E-state index in [4.69, 9.17) is 11.6 Å². The Morgan fingerprint density at radius 3 is 2.84 bits per heavy atom. The summed E-state index contributed by atoms with van der Waals surface area (Å²) >= 11 is 7.26. The molecule has 0 radical (unpaired) electrons. The van der Waals surface area contributed by atoms with Crippen LogP contribution >= 0.6 is 23.4 Å². The van der Waals surface area contributed by atoms with Crippen molar-refractivity contribution < 1.29 is 9.18 Å². The number of benzene rings is 1. The van der Waals surface area contributed by atoms with E-state index in [-0.39, 0.29) is 11.7 Å². The van der Waals surface area contributed by atoms with Gasteiger partial charge in [0.25, 0.3) is 0 Å². The van der Waals surface area contributed by atoms with Gasteiger partial charge in [0.05, 0.1) is 5.75 Å². The second-order valence-electron chi connectivity index (χ2n) is 4.35. The van der Waals surface area contributed by atoms with Crippen LogP contribution in [0.1, 0.15) is 5.56 Å². The summed E-state index contributed by atoms with van der Waals surface area (Å²) in [4.78, 5) is 13.5. The first-order valence-electron chi connectivity index (χ1n) is 5.92. The normalized spacial score (nSPS) is 10.8. The molecule has 1 N–H and O–H groups in total. The predicted molar refractivity (Wildman–Crippen MR) is 79.1 cm³/mol. The van der Waals surface area contributed by atoms with Gasteiger partial charge in [-0.15, -0.1) is 11.8 Å². The minimum Gasteiger partial charge on any atom is -0.354 e. The van der Waals surface area contributed by atoms with E-state index in [1.54, 1.807) is 12.1 Å². The van der Waals surface area contributed by atoms with Crippen molar-refractivity contribution in [3.63, 3.8) is 0 Å². The molecule has 0 spiro atoms. The third-order valence-corrected chi connectivity index (χ3v) is 3.74. The molecule has 19 heavy (non-hydrogen) atoms. The predicted octanol–water partition coefficient (Wildman–Crippen LogP) is 2.39. The highest BCUT2D eigenvalue weighted by molar-refractivity contribution is 7.99. The molecule has 0 aliphatic carbocycles. The Balaban J connectivity index is 2.28. The number of halogens is 2. The number of thioether (sulfide) groups is 1. The Labute approximate surface area is 122 Å². The van der Waals surface area contributed by atoms with Gasteiger partial charge >= 0.3 is 0 Å². The van der Waals surface area contributed by atoms with Gasteiger partial charge in [-0.3, -0.25) is 4.79 Å². The lowest BCUT2D eigenvalue weighted by Crippen LogP contribution is -2.32. The van der Waals surface area contributed by atoms with Crippen LogP contribution in [0.25, 0.3) is 0 Å². The number of carbonyl (C=O) groups is 1. The number of likely N-dealkylation sites (N-methyl/N-ethyl adjacent to an activating group) is 1. The van der Waals surface area contributed by atoms with Crippen molar-refractivity contribution in [3.8, 4) is 0 Å². The zero-order chi connectivity index (χ0) is 14.3. The van der Waals surface area contributed by atoms with Crippen LogP contribution in [0.15, 0.2) is 18.2 Å². The average molecular weight is 305 g/mol. The molecule has 1 rings (SSSR count). The number of nitrogens with one attached hydrogen (secondary N) is 1. The van der Waals surface area contributed by atoms with Crippen molar-refractivity contribution in [1.29, 1.82) is 0 Å². The minimum absolute atomic E-state index is 0.0423. The molecular weight excluding hydrogens is 287 g/mol. The van der Waals surface area contributed by atoms with Gasteiger partial charge in [-0.1, -0.05) is 17.7 Å². The number of hydrogen-bond donors (Lipinski definition) is 1. The molecule has 106 valence electrons. The maximum Gasteiger partial charge on any atom is 0.230 e. The second-order valence-corrected chi connectivity index (χ2v) is 5.74. The highest BCUT2D eigenvalue weighted by Crippen LogP contribution is 2.23. The van der Waals surface area contributed by atoms with Crippen LogP contribution in [0.4, 0.5) is 4.39 Å². The van der Waals surface area contributed by atoms with Gasteiger partial charge in [-0.25, -0.2) is 4.39 Å². The Kier molecular flexibility index (Phi) is 7.20. The SMILES string of the molecule is CN(C)CCNC(=O)CSCc1c(F)cccc1Cl. The summed E-state index contributed by atoms with van der Waals surface area (Å²) in [7, 11) is 3.89. The first kappa shape index (κ1) is 16.3. The van der Waals surface area contributed by atoms with Crippen LogP contribution < -0.4 is 5.32 Å². The van der Waals surface area contributed by atoms with E-state index in [2.05, 4.69) is 5.32 Å². The number of hydrogen-bond acceptors (Lipinski definition) is 3. The lowest BCUT2D eigenvalue weighted by atomic mass is 10.2. The number of amides is 1. The van der Waals surface area contributed by atoms with Crippen LogP contribution in [0.3, 0.4) is 0 Å². The molecule has 0 atom stereocenters. The smallest absolute Gasteiger partial charge is 0.230 e. The topological polar surface area (TPSA) is 32.3 Å². The molecule has 0 aliphatic heterocycles. The average Bonchev–Trinajstić information content (AvgIpc) is 2.32. The second kappa shape index (κ2) is 8.40. The Morgan fingerprint density at radius 2 is 2.21 bits per heavy atom. The molecule has 1 aromatic carbocycles. The Bertz CT molecular complexity index is 409. The van der Waals surface area contributed by atoms with Crippen LogP contribution in [-0.4, -0.2) is 43.7 Å². The van der Waals surface area contributed by atoms with Crippen molar-refractivity contribution in [2.75, 3.05) is 32.9 Å². The highest BCUT2D eigenvalue weighted by atomic mass is 35.5. The molecule has 0 fully saturated rings. The first-order valence-corrected chi connectivity index (χ1v) is 7.46. The largest absolute Gasteiger partial charge is 0.354 e. The van der Waals surface area contributed by atoms with Gasteiger partial charge < -0.3 is 10.2 Å². The molecule has 1 amide bonds. The molecule has 0 unspecified atom stereocenters. The summed E-state index contributed by atoms with van der Waals surface area (Å²) in [6.07, 6.45) is 0. The van der Waals surface area contributed by atoms with E-state index in [9.17, 15) is 9.18 Å². The fourth-order valence-corrected chi connectivity index (χ4v) is 2.58. The Hall–Kier alpha value is -0.780. The first-order chi connectivity index (χ1) is 9.00. The van der Waals surface area contributed by atoms with Crippen LogP contribution in [0.5, 0.6) is 0 Å². The molecule has 0 saturated carbocycles. The van der Waals surface area contributed by atoms with Crippen LogP contribution in [0, 0.1) is 5.82 Å². The van der Waals surface area contributed by atoms with Crippen molar-refractivity contribution in [1.82, 2.24) is 10.2 Å². The minimum atomic E-state index is -0.326. The van der Waals surface area contributed by atoms with E-state index in [0.717, 1.165) is 6.54 Å². The summed E-state index contributed by atoms with van der Waals surface area (Å²) in [6.45, 7) is 1.42. The quantitative estimate of drug-likeness (QED) is 0.839. The molecule has 0 aromatic heterocycles. The van der Waals surface area contributed by atoms with Gasteiger partial charge in [0.1, 0.15) is 5.82 Å². The summed E-state index contributed by atoms with van der Waals surface area (Å²) in [5, 5.41) is 3.20. The molecule has 1 aromatic rings. The maximum absolute atomic E-state index is 13.5. The van der Waals surface area contributed by atoms with Crippen molar-refractivity contribution in [2.45, 2.75) is 5.75 Å². The summed E-state index contributed by atoms with van der Waals surface area (Å²) in [5.41, 5.74) is 0.454. The van der Waals surface area contributed by atoms with E-state index in [1.165, 1.54) is 17.8 Å². The number of rotatable bonds is 7. The molecule has 6 heteroatoms. The third kappa shape index (κ3) is 6.27. The molecule has 0 bridgehead atoms. The number of nitrogens with zero attached hydrogens (tertiary/aromatic N) is 1. The molecule has 3 nitrogen and oxygen atoms in total. The van der Waals surface area contributed by atoms with Crippen molar-refractivity contribution >= 4 is 29.3 Å². The standard InChI is InChI=1S/C13H18ClFN2OS/c1-17(2)7-6-16-13(18)9-19-8-10-11(14)4-3-5-12(10)15/h3-5H,6-9H2,1-2H3,(H,16,18). The summed E-state index contributed by atoms with van der Waals surface area (Å²) < 4.78 is 13.5. The lowest BCUT2D eigenvalue weighted by molar-refractivity contribution is -0.118. The summed E-state index contributed by atoms with van der Waals surface area (Å²) in [5.74, 6) is 0.331. The fraction of sp³-hybridized carbons (Fsp3) is 0.462. The van der Waals surface area contributed by atoms with E-state index in [0.29, 0.717) is 28.6 Å². The molecule has 0 saturated heterocycles. The van der Waals surface area contributed by atoms with Gasteiger partial charge in [0, 0.05) is 29.4 Å². The third-order valence-electron chi connectivity index (χ3n) is 2.42. The molecule has 0 aliphatic rings. The molecular formula is C13H18ClFN2OS. The van der Waals surface area contributed by atoms with Gasteiger partial charge in [-0.2, -0.15) is 0 Å². The Morgan fingerprint density at radius 1 is 1.47 bits per heavy atom. The highest BCUT2D eigenvalue weighted by Gasteiger charge is 2.08. The van der Waals surface area contributed by atoms with E-state index < -0.39 is 0 Å². The lowest BCUT2D eigenvalue weighted by Gasteiger charge is -2.10. The van der Waals surface area contributed by atoms with Crippen molar-refractivity contribution in [3.05, 3.63) is 34.6 Å². The zero-order valence-electron chi connectivity index (χ0n) is 11.1. The van der Waals surface area contributed by atoms with Gasteiger partial charge in [0.15, 0.2) is 0 Å². The van der Waals surface area contributed by atoms with E-state index >= 15 is 0 Å². The van der Waals surface area contributed by atoms with Crippen molar-refractivity contribution in [2.24, 2.45) is 0 Å². The van der Waals surface area contributed by atoms with Crippen LogP contribution in [-0.2, 0) is 10.5 Å². The number of carbonyl (C=O) groups excluding carboxylic acids is 1. The maximum atomic E-state index is 13.5. The van der Waals surface area contributed by atoms with Crippen LogP contribution in [0.2, 0.25) is 5.02 Å². The molecule has 0 heterocycles. The van der Waals surface area contributed by atoms with E-state index in [1.807, 2.05) is 19.0 Å². The summed E-state index contributed by atoms with van der Waals surface area (Å²) in [6, 6.07) is 4.59. The zero-order valence-corrected chi connectivity index (χ0v) is 12.7. The monoisotopic (exact) mass is 304 g/mol. The van der Waals surface area contributed by atoms with Gasteiger partial charge in [0.2, 0.25) is 5.91 Å². The fourth-order valence-electron chi connectivity index (χ4n) is 1.39. The van der Waals surface area contributed by atoms with Gasteiger partial charge in [-0.05, 0) is 26.2 Å².